The average Bonchev–Trinajstić information content (AvgIpc) is 3.16. The van der Waals surface area contributed by atoms with Gasteiger partial charge in [-0.3, -0.25) is 0 Å². The molecular formula is C15H21N5O2. The summed E-state index contributed by atoms with van der Waals surface area (Å²) in [4.78, 5) is 16.6. The van der Waals surface area contributed by atoms with Gasteiger partial charge in [0.1, 0.15) is 5.56 Å². The summed E-state index contributed by atoms with van der Waals surface area (Å²) in [7, 11) is 0. The Bertz CT molecular complexity index is 676. The van der Waals surface area contributed by atoms with Crippen molar-refractivity contribution in [3.63, 3.8) is 0 Å². The minimum atomic E-state index is -0.352. The molecule has 0 unspecified atom stereocenters. The summed E-state index contributed by atoms with van der Waals surface area (Å²) >= 11 is 0. The van der Waals surface area contributed by atoms with Crippen LogP contribution in [-0.4, -0.2) is 46.5 Å². The molecular weight excluding hydrogens is 282 g/mol. The zero-order valence-corrected chi connectivity index (χ0v) is 12.9. The maximum absolute atomic E-state index is 12.2. The van der Waals surface area contributed by atoms with Gasteiger partial charge >= 0.3 is 5.97 Å². The third kappa shape index (κ3) is 2.64. The lowest BCUT2D eigenvalue weighted by molar-refractivity contribution is 0.0527. The smallest absolute Gasteiger partial charge is 0.341 e. The van der Waals surface area contributed by atoms with E-state index in [0.29, 0.717) is 18.2 Å². The molecule has 118 valence electrons. The molecule has 1 saturated heterocycles. The van der Waals surface area contributed by atoms with Crippen LogP contribution >= 0.6 is 0 Å². The molecule has 22 heavy (non-hydrogen) atoms. The van der Waals surface area contributed by atoms with Gasteiger partial charge in [0.05, 0.1) is 23.9 Å². The molecule has 2 aromatic heterocycles. The van der Waals surface area contributed by atoms with Crippen LogP contribution in [0, 0.1) is 0 Å². The van der Waals surface area contributed by atoms with Crippen molar-refractivity contribution < 1.29 is 9.53 Å². The van der Waals surface area contributed by atoms with Gasteiger partial charge in [-0.15, -0.1) is 0 Å². The number of nitrogens with one attached hydrogen (secondary N) is 2. The fraction of sp³-hybridized carbons (Fsp3) is 0.533. The molecule has 1 aliphatic heterocycles. The van der Waals surface area contributed by atoms with Crippen molar-refractivity contribution in [2.45, 2.75) is 32.9 Å². The van der Waals surface area contributed by atoms with Gasteiger partial charge in [-0.2, -0.15) is 5.10 Å². The fourth-order valence-electron chi connectivity index (χ4n) is 2.76. The predicted octanol–water partition coefficient (Wildman–Crippen LogP) is 1.40. The number of ether oxygens (including phenoxy) is 1. The maximum atomic E-state index is 12.2. The van der Waals surface area contributed by atoms with Gasteiger partial charge in [-0.05, 0) is 26.8 Å². The van der Waals surface area contributed by atoms with Gasteiger partial charge < -0.3 is 15.4 Å². The van der Waals surface area contributed by atoms with Crippen molar-refractivity contribution in [2.24, 2.45) is 0 Å². The van der Waals surface area contributed by atoms with E-state index in [-0.39, 0.29) is 5.97 Å². The van der Waals surface area contributed by atoms with Gasteiger partial charge in [0.25, 0.3) is 0 Å². The molecule has 0 aliphatic carbocycles. The van der Waals surface area contributed by atoms with Gasteiger partial charge in [0.15, 0.2) is 5.65 Å². The number of carbonyl (C=O) groups is 1. The van der Waals surface area contributed by atoms with E-state index in [9.17, 15) is 4.79 Å². The number of pyridine rings is 1. The Morgan fingerprint density at radius 3 is 3.05 bits per heavy atom. The summed E-state index contributed by atoms with van der Waals surface area (Å²) in [5, 5.41) is 12.0. The van der Waals surface area contributed by atoms with Crippen LogP contribution < -0.4 is 10.6 Å². The van der Waals surface area contributed by atoms with Crippen molar-refractivity contribution in [1.29, 1.82) is 0 Å². The molecule has 0 spiro atoms. The lowest BCUT2D eigenvalue weighted by Gasteiger charge is -2.16. The molecule has 1 aliphatic rings. The molecule has 0 bridgehead atoms. The Labute approximate surface area is 129 Å². The van der Waals surface area contributed by atoms with Crippen LogP contribution in [0.15, 0.2) is 12.4 Å². The monoisotopic (exact) mass is 303 g/mol. The average molecular weight is 303 g/mol. The number of fused-ring (bicyclic) bond motifs is 1. The lowest BCUT2D eigenvalue weighted by atomic mass is 10.1. The summed E-state index contributed by atoms with van der Waals surface area (Å²) in [5.41, 5.74) is 2.03. The highest BCUT2D eigenvalue weighted by Gasteiger charge is 2.22. The number of anilines is 1. The molecule has 2 aromatic rings. The van der Waals surface area contributed by atoms with Crippen molar-refractivity contribution >= 4 is 22.7 Å². The maximum Gasteiger partial charge on any atom is 0.341 e. The van der Waals surface area contributed by atoms with Gasteiger partial charge in [0.2, 0.25) is 0 Å². The number of esters is 1. The Morgan fingerprint density at radius 1 is 1.50 bits per heavy atom. The third-order valence-corrected chi connectivity index (χ3v) is 3.87. The predicted molar refractivity (Wildman–Crippen MR) is 84.1 cm³/mol. The molecule has 0 aromatic carbocycles. The second kappa shape index (κ2) is 6.31. The lowest BCUT2D eigenvalue weighted by Crippen LogP contribution is -2.24. The zero-order valence-electron chi connectivity index (χ0n) is 12.9. The highest BCUT2D eigenvalue weighted by atomic mass is 16.5. The van der Waals surface area contributed by atoms with E-state index in [0.717, 1.165) is 42.8 Å². The number of hydrogen-bond acceptors (Lipinski definition) is 6. The van der Waals surface area contributed by atoms with E-state index in [1.54, 1.807) is 19.3 Å². The Morgan fingerprint density at radius 2 is 2.36 bits per heavy atom. The minimum absolute atomic E-state index is 0.295. The van der Waals surface area contributed by atoms with Crippen LogP contribution in [0.3, 0.4) is 0 Å². The van der Waals surface area contributed by atoms with Crippen molar-refractivity contribution in [2.75, 3.05) is 25.0 Å². The van der Waals surface area contributed by atoms with Crippen molar-refractivity contribution in [3.05, 3.63) is 18.0 Å². The molecule has 3 rings (SSSR count). The highest BCUT2D eigenvalue weighted by molar-refractivity contribution is 6.04. The Hall–Kier alpha value is -2.15. The van der Waals surface area contributed by atoms with E-state index in [1.807, 2.05) is 11.6 Å². The normalized spacial score (nSPS) is 17.8. The second-order valence-electron chi connectivity index (χ2n) is 5.30. The Balaban J connectivity index is 2.06. The van der Waals surface area contributed by atoms with Crippen LogP contribution in [0.5, 0.6) is 0 Å². The molecule has 1 fully saturated rings. The standard InChI is InChI=1S/C15H21N5O2/c1-3-20-14-11(9-18-20)13(19-10-5-6-16-7-10)12(8-17-14)15(21)22-4-2/h8-10,16H,3-7H2,1-2H3,(H,17,19)/t10-/m1/s1. The summed E-state index contributed by atoms with van der Waals surface area (Å²) < 4.78 is 6.98. The largest absolute Gasteiger partial charge is 0.462 e. The SMILES string of the molecule is CCOC(=O)c1cnc2c(cnn2CC)c1N[C@@H]1CCNC1. The zero-order chi connectivity index (χ0) is 15.5. The molecule has 7 heteroatoms. The van der Waals surface area contributed by atoms with E-state index in [1.165, 1.54) is 0 Å². The number of hydrogen-bond donors (Lipinski definition) is 2. The second-order valence-corrected chi connectivity index (χ2v) is 5.30. The van der Waals surface area contributed by atoms with E-state index in [4.69, 9.17) is 4.74 Å². The molecule has 1 atom stereocenters. The van der Waals surface area contributed by atoms with Crippen molar-refractivity contribution in [1.82, 2.24) is 20.1 Å². The van der Waals surface area contributed by atoms with Gasteiger partial charge in [0, 0.05) is 25.3 Å². The molecule has 7 nitrogen and oxygen atoms in total. The minimum Gasteiger partial charge on any atom is -0.462 e. The first kappa shape index (κ1) is 14.8. The summed E-state index contributed by atoms with van der Waals surface area (Å²) in [6.07, 6.45) is 4.37. The summed E-state index contributed by atoms with van der Waals surface area (Å²) in [6.45, 7) is 6.76. The molecule has 2 N–H and O–H groups in total. The molecule has 3 heterocycles. The number of rotatable bonds is 5. The third-order valence-electron chi connectivity index (χ3n) is 3.87. The first-order valence-electron chi connectivity index (χ1n) is 7.73. The number of aromatic nitrogens is 3. The summed E-state index contributed by atoms with van der Waals surface area (Å²) in [6, 6.07) is 0.295. The molecule has 0 radical (unpaired) electrons. The highest BCUT2D eigenvalue weighted by Crippen LogP contribution is 2.28. The molecule has 0 amide bonds. The quantitative estimate of drug-likeness (QED) is 0.813. The van der Waals surface area contributed by atoms with Crippen molar-refractivity contribution in [3.8, 4) is 0 Å². The fourth-order valence-corrected chi connectivity index (χ4v) is 2.76. The molecule has 0 saturated carbocycles. The number of carbonyl (C=O) groups excluding carboxylic acids is 1. The summed E-state index contributed by atoms with van der Waals surface area (Å²) in [5.74, 6) is -0.352. The topological polar surface area (TPSA) is 81.1 Å². The number of nitrogens with zero attached hydrogens (tertiary/aromatic N) is 3. The first-order chi connectivity index (χ1) is 10.7. The van der Waals surface area contributed by atoms with Crippen LogP contribution in [0.25, 0.3) is 11.0 Å². The van der Waals surface area contributed by atoms with E-state index >= 15 is 0 Å². The van der Waals surface area contributed by atoms with Crippen LogP contribution in [0.1, 0.15) is 30.6 Å². The van der Waals surface area contributed by atoms with E-state index < -0.39 is 0 Å². The number of aryl methyl sites for hydroxylation is 1. The van der Waals surface area contributed by atoms with E-state index in [2.05, 4.69) is 20.7 Å². The Kier molecular flexibility index (Phi) is 4.24. The van der Waals surface area contributed by atoms with Gasteiger partial charge in [-0.1, -0.05) is 0 Å². The van der Waals surface area contributed by atoms with Crippen LogP contribution in [0.2, 0.25) is 0 Å². The first-order valence-corrected chi connectivity index (χ1v) is 7.73. The van der Waals surface area contributed by atoms with Crippen LogP contribution in [-0.2, 0) is 11.3 Å². The van der Waals surface area contributed by atoms with Gasteiger partial charge in [-0.25, -0.2) is 14.5 Å². The van der Waals surface area contributed by atoms with Crippen LogP contribution in [0.4, 0.5) is 5.69 Å².